The van der Waals surface area contributed by atoms with Crippen molar-refractivity contribution >= 4 is 6.29 Å². The van der Waals surface area contributed by atoms with Crippen LogP contribution in [0.5, 0.6) is 0 Å². The Morgan fingerprint density at radius 2 is 2.00 bits per heavy atom. The molecule has 0 atom stereocenters. The smallest absolute Gasteiger partial charge is 0.193 e. The van der Waals surface area contributed by atoms with Crippen LogP contribution in [0.1, 0.15) is 11.1 Å². The van der Waals surface area contributed by atoms with Crippen LogP contribution in [0.25, 0.3) is 0 Å². The van der Waals surface area contributed by atoms with E-state index < -0.39 is 0 Å². The molecule has 0 aliphatic rings. The summed E-state index contributed by atoms with van der Waals surface area (Å²) in [6.07, 6.45) is 0.580. The van der Waals surface area contributed by atoms with Crippen molar-refractivity contribution in [2.24, 2.45) is 5.73 Å². The van der Waals surface area contributed by atoms with E-state index >= 15 is 0 Å². The third-order valence-corrected chi connectivity index (χ3v) is 1.47. The standard InChI is InChI=1S/C10H9NO/c11-8-10-5-3-9(4-6-10)2-1-7-12/h3-7H,8,11H2. The molecule has 1 rings (SSSR count). The number of benzene rings is 1. The third-order valence-electron chi connectivity index (χ3n) is 1.47. The molecule has 12 heavy (non-hydrogen) atoms. The monoisotopic (exact) mass is 159 g/mol. The number of aldehydes is 1. The van der Waals surface area contributed by atoms with Gasteiger partial charge < -0.3 is 5.73 Å². The lowest BCUT2D eigenvalue weighted by Crippen LogP contribution is -1.95. The summed E-state index contributed by atoms with van der Waals surface area (Å²) in [6.45, 7) is 0.529. The molecule has 0 amide bonds. The maximum atomic E-state index is 9.91. The Hall–Kier alpha value is -1.59. The van der Waals surface area contributed by atoms with Crippen molar-refractivity contribution < 1.29 is 4.79 Å². The summed E-state index contributed by atoms with van der Waals surface area (Å²) in [5.74, 6) is 5.03. The fourth-order valence-corrected chi connectivity index (χ4v) is 0.837. The van der Waals surface area contributed by atoms with E-state index in [1.54, 1.807) is 0 Å². The normalized spacial score (nSPS) is 8.42. The maximum Gasteiger partial charge on any atom is 0.193 e. The molecule has 2 N–H and O–H groups in total. The largest absolute Gasteiger partial charge is 0.326 e. The number of nitrogens with two attached hydrogens (primary N) is 1. The van der Waals surface area contributed by atoms with Gasteiger partial charge in [-0.3, -0.25) is 4.79 Å². The molecule has 0 saturated carbocycles. The van der Waals surface area contributed by atoms with Crippen molar-refractivity contribution in [2.75, 3.05) is 0 Å². The van der Waals surface area contributed by atoms with Crippen LogP contribution in [-0.2, 0) is 11.3 Å². The number of hydrogen-bond donors (Lipinski definition) is 1. The van der Waals surface area contributed by atoms with Crippen LogP contribution >= 0.6 is 0 Å². The van der Waals surface area contributed by atoms with Gasteiger partial charge in [-0.25, -0.2) is 0 Å². The van der Waals surface area contributed by atoms with Gasteiger partial charge in [0.05, 0.1) is 0 Å². The first kappa shape index (κ1) is 8.51. The lowest BCUT2D eigenvalue weighted by Gasteiger charge is -1.94. The SMILES string of the molecule is NCc1ccc(C#CC=O)cc1. The van der Waals surface area contributed by atoms with Crippen LogP contribution in [0.15, 0.2) is 24.3 Å². The van der Waals surface area contributed by atoms with Crippen LogP contribution in [-0.4, -0.2) is 6.29 Å². The zero-order chi connectivity index (χ0) is 8.81. The molecule has 1 aromatic carbocycles. The quantitative estimate of drug-likeness (QED) is 0.484. The molecule has 0 bridgehead atoms. The van der Waals surface area contributed by atoms with Crippen molar-refractivity contribution in [3.63, 3.8) is 0 Å². The summed E-state index contributed by atoms with van der Waals surface area (Å²) in [5.41, 5.74) is 7.30. The van der Waals surface area contributed by atoms with E-state index in [9.17, 15) is 4.79 Å². The average molecular weight is 159 g/mol. The van der Waals surface area contributed by atoms with Gasteiger partial charge in [-0.05, 0) is 23.6 Å². The summed E-state index contributed by atoms with van der Waals surface area (Å²) in [6, 6.07) is 7.49. The number of rotatable bonds is 1. The van der Waals surface area contributed by atoms with E-state index in [4.69, 9.17) is 5.73 Å². The average Bonchev–Trinajstić information content (AvgIpc) is 2.15. The van der Waals surface area contributed by atoms with Crippen molar-refractivity contribution in [2.45, 2.75) is 6.54 Å². The van der Waals surface area contributed by atoms with Gasteiger partial charge in [0.1, 0.15) is 0 Å². The molecule has 1 aromatic rings. The van der Waals surface area contributed by atoms with E-state index in [0.717, 1.165) is 11.1 Å². The second kappa shape index (κ2) is 4.32. The molecule has 0 spiro atoms. The molecule has 0 unspecified atom stereocenters. The molecule has 0 radical (unpaired) electrons. The highest BCUT2D eigenvalue weighted by Gasteiger charge is 1.87. The highest BCUT2D eigenvalue weighted by atomic mass is 16.1. The first-order valence-electron chi connectivity index (χ1n) is 3.61. The fourth-order valence-electron chi connectivity index (χ4n) is 0.837. The molecule has 2 nitrogen and oxygen atoms in total. The lowest BCUT2D eigenvalue weighted by atomic mass is 10.1. The Labute approximate surface area is 71.4 Å². The molecule has 2 heteroatoms. The molecule has 0 aliphatic heterocycles. The van der Waals surface area contributed by atoms with Crippen LogP contribution in [0.3, 0.4) is 0 Å². The van der Waals surface area contributed by atoms with Crippen molar-refractivity contribution in [1.82, 2.24) is 0 Å². The predicted molar refractivity (Wildman–Crippen MR) is 47.3 cm³/mol. The second-order valence-electron chi connectivity index (χ2n) is 2.29. The molecule has 0 fully saturated rings. The summed E-state index contributed by atoms with van der Waals surface area (Å²) >= 11 is 0. The van der Waals surface area contributed by atoms with Gasteiger partial charge in [0.25, 0.3) is 0 Å². The summed E-state index contributed by atoms with van der Waals surface area (Å²) in [4.78, 5) is 9.91. The fraction of sp³-hybridized carbons (Fsp3) is 0.100. The Morgan fingerprint density at radius 3 is 2.50 bits per heavy atom. The van der Waals surface area contributed by atoms with Gasteiger partial charge in [-0.2, -0.15) is 0 Å². The molecule has 0 heterocycles. The highest BCUT2D eigenvalue weighted by Crippen LogP contribution is 2.01. The number of carbonyl (C=O) groups excluding carboxylic acids is 1. The van der Waals surface area contributed by atoms with Crippen LogP contribution in [0, 0.1) is 11.8 Å². The topological polar surface area (TPSA) is 43.1 Å². The molecule has 0 saturated heterocycles. The Morgan fingerprint density at radius 1 is 1.33 bits per heavy atom. The minimum absolute atomic E-state index is 0.529. The van der Waals surface area contributed by atoms with Gasteiger partial charge in [0.15, 0.2) is 6.29 Å². The second-order valence-corrected chi connectivity index (χ2v) is 2.29. The van der Waals surface area contributed by atoms with Crippen LogP contribution in [0.4, 0.5) is 0 Å². The maximum absolute atomic E-state index is 9.91. The zero-order valence-corrected chi connectivity index (χ0v) is 6.58. The minimum atomic E-state index is 0.529. The zero-order valence-electron chi connectivity index (χ0n) is 6.58. The molecule has 60 valence electrons. The van der Waals surface area contributed by atoms with E-state index in [1.165, 1.54) is 0 Å². The third kappa shape index (κ3) is 2.22. The van der Waals surface area contributed by atoms with Crippen molar-refractivity contribution in [1.29, 1.82) is 0 Å². The first-order valence-corrected chi connectivity index (χ1v) is 3.61. The molecule has 0 aromatic heterocycles. The lowest BCUT2D eigenvalue weighted by molar-refractivity contribution is -0.103. The first-order chi connectivity index (χ1) is 5.86. The molecular formula is C10H9NO. The van der Waals surface area contributed by atoms with Gasteiger partial charge in [0, 0.05) is 12.1 Å². The van der Waals surface area contributed by atoms with E-state index in [2.05, 4.69) is 11.8 Å². The predicted octanol–water partition coefficient (Wildman–Crippen LogP) is 0.696. The number of carbonyl (C=O) groups is 1. The number of hydrogen-bond acceptors (Lipinski definition) is 2. The van der Waals surface area contributed by atoms with Crippen LogP contribution < -0.4 is 5.73 Å². The van der Waals surface area contributed by atoms with E-state index in [0.29, 0.717) is 12.8 Å². The Balaban J connectivity index is 2.84. The highest BCUT2D eigenvalue weighted by molar-refractivity contribution is 5.73. The van der Waals surface area contributed by atoms with Gasteiger partial charge in [-0.1, -0.05) is 18.1 Å². The Bertz CT molecular complexity index is 316. The van der Waals surface area contributed by atoms with Crippen LogP contribution in [0.2, 0.25) is 0 Å². The summed E-state index contributed by atoms with van der Waals surface area (Å²) in [5, 5.41) is 0. The van der Waals surface area contributed by atoms with Crippen molar-refractivity contribution in [3.8, 4) is 11.8 Å². The molecular weight excluding hydrogens is 150 g/mol. The van der Waals surface area contributed by atoms with Gasteiger partial charge >= 0.3 is 0 Å². The minimum Gasteiger partial charge on any atom is -0.326 e. The summed E-state index contributed by atoms with van der Waals surface area (Å²) < 4.78 is 0. The van der Waals surface area contributed by atoms with E-state index in [-0.39, 0.29) is 0 Å². The molecule has 0 aliphatic carbocycles. The van der Waals surface area contributed by atoms with Gasteiger partial charge in [-0.15, -0.1) is 0 Å². The summed E-state index contributed by atoms with van der Waals surface area (Å²) in [7, 11) is 0. The van der Waals surface area contributed by atoms with Gasteiger partial charge in [0.2, 0.25) is 0 Å². The van der Waals surface area contributed by atoms with Crippen molar-refractivity contribution in [3.05, 3.63) is 35.4 Å². The Kier molecular flexibility index (Phi) is 3.06. The van der Waals surface area contributed by atoms with E-state index in [1.807, 2.05) is 24.3 Å².